The van der Waals surface area contributed by atoms with Crippen LogP contribution in [-0.2, 0) is 9.53 Å². The van der Waals surface area contributed by atoms with Crippen molar-refractivity contribution in [3.63, 3.8) is 0 Å². The maximum atomic E-state index is 13.0. The highest BCUT2D eigenvalue weighted by Crippen LogP contribution is 2.42. The Morgan fingerprint density at radius 2 is 1.85 bits per heavy atom. The zero-order valence-corrected chi connectivity index (χ0v) is 18.2. The predicted octanol–water partition coefficient (Wildman–Crippen LogP) is 3.82. The molecule has 0 fully saturated rings. The molecule has 7 nitrogen and oxygen atoms in total. The molecule has 27 heavy (non-hydrogen) atoms. The van der Waals surface area contributed by atoms with Crippen molar-refractivity contribution in [2.24, 2.45) is 0 Å². The number of phenols is 1. The third-order valence-corrected chi connectivity index (χ3v) is 4.95. The molecule has 1 aliphatic rings. The molecular formula is C19H25BrN2O5. The van der Waals surface area contributed by atoms with Gasteiger partial charge in [0.25, 0.3) is 0 Å². The van der Waals surface area contributed by atoms with Gasteiger partial charge in [-0.15, -0.1) is 0 Å². The first-order valence-corrected chi connectivity index (χ1v) is 9.19. The molecule has 0 aliphatic carbocycles. The summed E-state index contributed by atoms with van der Waals surface area (Å²) in [7, 11) is 4.67. The molecular weight excluding hydrogens is 416 g/mol. The van der Waals surface area contributed by atoms with Crippen LogP contribution in [-0.4, -0.2) is 53.7 Å². The van der Waals surface area contributed by atoms with Crippen LogP contribution in [0.5, 0.6) is 11.5 Å². The normalized spacial score (nSPS) is 18.1. The summed E-state index contributed by atoms with van der Waals surface area (Å²) in [6.45, 7) is 7.08. The fourth-order valence-corrected chi connectivity index (χ4v) is 3.41. The molecule has 0 radical (unpaired) electrons. The van der Waals surface area contributed by atoms with Crippen molar-refractivity contribution in [3.05, 3.63) is 33.4 Å². The number of hydrogen-bond donors (Lipinski definition) is 1. The van der Waals surface area contributed by atoms with E-state index in [4.69, 9.17) is 9.47 Å². The average molecular weight is 441 g/mol. The van der Waals surface area contributed by atoms with Crippen LogP contribution < -0.4 is 4.74 Å². The lowest BCUT2D eigenvalue weighted by Crippen LogP contribution is -2.47. The Hall–Kier alpha value is -2.22. The minimum absolute atomic E-state index is 0.0531. The highest BCUT2D eigenvalue weighted by molar-refractivity contribution is 9.10. The van der Waals surface area contributed by atoms with Gasteiger partial charge in [0.05, 0.1) is 23.2 Å². The van der Waals surface area contributed by atoms with E-state index in [-0.39, 0.29) is 17.5 Å². The van der Waals surface area contributed by atoms with E-state index in [9.17, 15) is 14.7 Å². The van der Waals surface area contributed by atoms with Gasteiger partial charge in [0.2, 0.25) is 0 Å². The fraction of sp³-hybridized carbons (Fsp3) is 0.474. The number of ether oxygens (including phenoxy) is 2. The lowest BCUT2D eigenvalue weighted by Gasteiger charge is -2.40. The van der Waals surface area contributed by atoms with Crippen molar-refractivity contribution < 1.29 is 24.2 Å². The van der Waals surface area contributed by atoms with E-state index >= 15 is 0 Å². The number of carbonyl (C=O) groups excluding carboxylic acids is 2. The van der Waals surface area contributed by atoms with Gasteiger partial charge in [-0.1, -0.05) is 0 Å². The molecule has 0 spiro atoms. The summed E-state index contributed by atoms with van der Waals surface area (Å²) < 4.78 is 11.2. The molecule has 0 saturated heterocycles. The monoisotopic (exact) mass is 440 g/mol. The molecule has 0 bridgehead atoms. The average Bonchev–Trinajstić information content (AvgIpc) is 2.56. The van der Waals surface area contributed by atoms with Crippen molar-refractivity contribution in [1.29, 1.82) is 0 Å². The maximum absolute atomic E-state index is 13.0. The van der Waals surface area contributed by atoms with Gasteiger partial charge in [-0.05, 0) is 61.3 Å². The Morgan fingerprint density at radius 3 is 2.37 bits per heavy atom. The Bertz CT molecular complexity index is 813. The van der Waals surface area contributed by atoms with Crippen LogP contribution in [0.2, 0.25) is 0 Å². The standard InChI is InChI=1S/C19H25BrN2O5/c1-10-14(17(24)27-19(2,3)4)15(22(6)18(25)21(10)5)11-8-12(20)16(23)13(9-11)26-7/h8-9,15,23H,1-7H3. The van der Waals surface area contributed by atoms with Crippen LogP contribution in [0.3, 0.4) is 0 Å². The smallest absolute Gasteiger partial charge is 0.338 e. The Kier molecular flexibility index (Phi) is 5.79. The zero-order valence-electron chi connectivity index (χ0n) is 16.6. The number of halogens is 1. The number of likely N-dealkylation sites (N-methyl/N-ethyl adjacent to an activating group) is 1. The van der Waals surface area contributed by atoms with Crippen LogP contribution in [0.4, 0.5) is 4.79 Å². The van der Waals surface area contributed by atoms with Gasteiger partial charge < -0.3 is 24.4 Å². The van der Waals surface area contributed by atoms with E-state index in [1.165, 1.54) is 16.9 Å². The quantitative estimate of drug-likeness (QED) is 0.722. The highest BCUT2D eigenvalue weighted by Gasteiger charge is 2.40. The summed E-state index contributed by atoms with van der Waals surface area (Å²) in [6.07, 6.45) is 0. The summed E-state index contributed by atoms with van der Waals surface area (Å²) in [5.41, 5.74) is 0.802. The molecule has 0 saturated carbocycles. The van der Waals surface area contributed by atoms with Crippen molar-refractivity contribution in [3.8, 4) is 11.5 Å². The van der Waals surface area contributed by atoms with Gasteiger partial charge in [-0.25, -0.2) is 9.59 Å². The number of urea groups is 1. The van der Waals surface area contributed by atoms with Gasteiger partial charge in [0.1, 0.15) is 5.60 Å². The molecule has 1 unspecified atom stereocenters. The number of hydrogen-bond acceptors (Lipinski definition) is 5. The Labute approximate surface area is 167 Å². The van der Waals surface area contributed by atoms with Crippen LogP contribution >= 0.6 is 15.9 Å². The second kappa shape index (κ2) is 7.42. The van der Waals surface area contributed by atoms with Crippen molar-refractivity contribution >= 4 is 27.9 Å². The van der Waals surface area contributed by atoms with E-state index in [2.05, 4.69) is 15.9 Å². The second-order valence-corrected chi connectivity index (χ2v) is 8.26. The van der Waals surface area contributed by atoms with Gasteiger partial charge in [-0.3, -0.25) is 0 Å². The van der Waals surface area contributed by atoms with E-state index in [1.54, 1.807) is 53.9 Å². The number of carbonyl (C=O) groups is 2. The third-order valence-electron chi connectivity index (χ3n) is 4.35. The van der Waals surface area contributed by atoms with Crippen LogP contribution in [0.25, 0.3) is 0 Å². The third kappa shape index (κ3) is 4.05. The highest BCUT2D eigenvalue weighted by atomic mass is 79.9. The Balaban J connectivity index is 2.68. The molecule has 0 aromatic heterocycles. The largest absolute Gasteiger partial charge is 0.503 e. The van der Waals surface area contributed by atoms with Crippen molar-refractivity contribution in [2.45, 2.75) is 39.3 Å². The first kappa shape index (κ1) is 21.1. The maximum Gasteiger partial charge on any atom is 0.338 e. The summed E-state index contributed by atoms with van der Waals surface area (Å²) in [5, 5.41) is 10.1. The number of allylic oxidation sites excluding steroid dienone is 1. The van der Waals surface area contributed by atoms with Gasteiger partial charge in [0, 0.05) is 19.8 Å². The topological polar surface area (TPSA) is 79.3 Å². The fourth-order valence-electron chi connectivity index (χ4n) is 2.95. The molecule has 1 heterocycles. The number of rotatable bonds is 3. The first-order valence-electron chi connectivity index (χ1n) is 8.40. The molecule has 1 aromatic carbocycles. The molecule has 2 amide bonds. The minimum atomic E-state index is -0.686. The van der Waals surface area contributed by atoms with E-state index in [0.717, 1.165) is 0 Å². The summed E-state index contributed by atoms with van der Waals surface area (Å²) in [5.74, 6) is -0.317. The number of methoxy groups -OCH3 is 1. The van der Waals surface area contributed by atoms with Gasteiger partial charge in [0.15, 0.2) is 11.5 Å². The van der Waals surface area contributed by atoms with Gasteiger partial charge >= 0.3 is 12.0 Å². The van der Waals surface area contributed by atoms with E-state index < -0.39 is 17.6 Å². The number of nitrogens with zero attached hydrogens (tertiary/aromatic N) is 2. The van der Waals surface area contributed by atoms with E-state index in [1.807, 2.05) is 0 Å². The lowest BCUT2D eigenvalue weighted by molar-refractivity contribution is -0.151. The van der Waals surface area contributed by atoms with Crippen molar-refractivity contribution in [2.75, 3.05) is 21.2 Å². The minimum Gasteiger partial charge on any atom is -0.503 e. The molecule has 1 N–H and O–H groups in total. The summed E-state index contributed by atoms with van der Waals surface area (Å²) in [4.78, 5) is 28.5. The number of esters is 1. The second-order valence-electron chi connectivity index (χ2n) is 7.41. The predicted molar refractivity (Wildman–Crippen MR) is 105 cm³/mol. The molecule has 1 aliphatic heterocycles. The van der Waals surface area contributed by atoms with Crippen LogP contribution in [0.15, 0.2) is 27.9 Å². The SMILES string of the molecule is COc1cc(C2C(C(=O)OC(C)(C)C)=C(C)N(C)C(=O)N2C)cc(Br)c1O. The first-order chi connectivity index (χ1) is 12.4. The zero-order chi connectivity index (χ0) is 20.7. The molecule has 8 heteroatoms. The number of aromatic hydroxyl groups is 1. The van der Waals surface area contributed by atoms with Crippen LogP contribution in [0.1, 0.15) is 39.3 Å². The van der Waals surface area contributed by atoms with Gasteiger partial charge in [-0.2, -0.15) is 0 Å². The van der Waals surface area contributed by atoms with E-state index in [0.29, 0.717) is 21.3 Å². The number of phenolic OH excluding ortho intramolecular Hbond substituents is 1. The number of amides is 2. The number of benzene rings is 1. The molecule has 2 rings (SSSR count). The van der Waals surface area contributed by atoms with Crippen molar-refractivity contribution in [1.82, 2.24) is 9.80 Å². The molecule has 1 atom stereocenters. The summed E-state index contributed by atoms with van der Waals surface area (Å²) in [6, 6.07) is 2.33. The van der Waals surface area contributed by atoms with Crippen LogP contribution in [0, 0.1) is 0 Å². The molecule has 148 valence electrons. The Morgan fingerprint density at radius 1 is 1.26 bits per heavy atom. The summed E-state index contributed by atoms with van der Waals surface area (Å²) >= 11 is 3.30. The molecule has 1 aromatic rings. The lowest BCUT2D eigenvalue weighted by atomic mass is 9.93.